The number of carbonyl (C=O) groups is 3. The summed E-state index contributed by atoms with van der Waals surface area (Å²) in [4.78, 5) is 43.3. The average molecular weight is 482 g/mol. The Labute approximate surface area is 204 Å². The normalized spacial score (nSPS) is 24.3. The third-order valence-corrected chi connectivity index (χ3v) is 7.87. The molecule has 0 spiro atoms. The van der Waals surface area contributed by atoms with Crippen molar-refractivity contribution in [3.63, 3.8) is 0 Å². The summed E-state index contributed by atoms with van der Waals surface area (Å²) in [5.41, 5.74) is 2.46. The van der Waals surface area contributed by atoms with E-state index < -0.39 is 0 Å². The van der Waals surface area contributed by atoms with Crippen LogP contribution in [-0.2, 0) is 16.1 Å². The van der Waals surface area contributed by atoms with E-state index in [4.69, 9.17) is 4.74 Å². The number of imide groups is 1. The minimum Gasteiger partial charge on any atom is -0.375 e. The Kier molecular flexibility index (Phi) is 6.20. The fourth-order valence-electron chi connectivity index (χ4n) is 5.44. The van der Waals surface area contributed by atoms with Crippen LogP contribution in [0.1, 0.15) is 65.8 Å². The molecule has 2 aromatic rings. The van der Waals surface area contributed by atoms with Gasteiger partial charge in [0.15, 0.2) is 0 Å². The standard InChI is InChI=1S/C26H31N3O4S/c1-26(2)13-19(8-11-33-26)29-24(31)20-6-3-7-21(22(20)25(29)32)28-10-4-5-18(15-28)23(30)27-14-17-9-12-34-16-17/h3,6-7,9,12,16,18-19H,4-5,8,10-11,13-15H2,1-2H3,(H,27,30)/t18-,19+/m1/s1. The van der Waals surface area contributed by atoms with Crippen molar-refractivity contribution in [1.29, 1.82) is 0 Å². The number of ether oxygens (including phenoxy) is 1. The Morgan fingerprint density at radius 1 is 1.21 bits per heavy atom. The number of nitrogens with zero attached hydrogens (tertiary/aromatic N) is 2. The lowest BCUT2D eigenvalue weighted by Gasteiger charge is -2.39. The lowest BCUT2D eigenvalue weighted by molar-refractivity contribution is -0.125. The van der Waals surface area contributed by atoms with Gasteiger partial charge in [0.1, 0.15) is 0 Å². The predicted molar refractivity (Wildman–Crippen MR) is 131 cm³/mol. The first-order valence-electron chi connectivity index (χ1n) is 12.0. The van der Waals surface area contributed by atoms with E-state index in [1.54, 1.807) is 17.4 Å². The molecule has 2 fully saturated rings. The zero-order chi connectivity index (χ0) is 23.9. The van der Waals surface area contributed by atoms with Gasteiger partial charge < -0.3 is 15.0 Å². The Morgan fingerprint density at radius 3 is 2.82 bits per heavy atom. The van der Waals surface area contributed by atoms with Crippen molar-refractivity contribution in [1.82, 2.24) is 10.2 Å². The fraction of sp³-hybridized carbons (Fsp3) is 0.500. The number of amides is 3. The zero-order valence-corrected chi connectivity index (χ0v) is 20.5. The van der Waals surface area contributed by atoms with E-state index in [2.05, 4.69) is 10.2 Å². The molecular weight excluding hydrogens is 450 g/mol. The number of carbonyl (C=O) groups excluding carboxylic acids is 3. The summed E-state index contributed by atoms with van der Waals surface area (Å²) in [7, 11) is 0. The maximum absolute atomic E-state index is 13.6. The minimum absolute atomic E-state index is 0.0388. The van der Waals surface area contributed by atoms with Crippen molar-refractivity contribution in [2.75, 3.05) is 24.6 Å². The van der Waals surface area contributed by atoms with Gasteiger partial charge in [-0.15, -0.1) is 0 Å². The van der Waals surface area contributed by atoms with Crippen molar-refractivity contribution < 1.29 is 19.1 Å². The zero-order valence-electron chi connectivity index (χ0n) is 19.7. The Bertz CT molecular complexity index is 1100. The van der Waals surface area contributed by atoms with Crippen molar-refractivity contribution in [2.24, 2.45) is 5.92 Å². The molecule has 0 aliphatic carbocycles. The first-order chi connectivity index (χ1) is 16.3. The lowest BCUT2D eigenvalue weighted by atomic mass is 9.93. The minimum atomic E-state index is -0.364. The van der Waals surface area contributed by atoms with Crippen LogP contribution < -0.4 is 10.2 Å². The summed E-state index contributed by atoms with van der Waals surface area (Å²) in [6.45, 7) is 6.36. The maximum atomic E-state index is 13.6. The van der Waals surface area contributed by atoms with E-state index >= 15 is 0 Å². The van der Waals surface area contributed by atoms with Gasteiger partial charge in [-0.05, 0) is 74.1 Å². The van der Waals surface area contributed by atoms with E-state index in [1.165, 1.54) is 4.90 Å². The molecule has 4 heterocycles. The highest BCUT2D eigenvalue weighted by atomic mass is 32.1. The first-order valence-corrected chi connectivity index (χ1v) is 13.0. The van der Waals surface area contributed by atoms with E-state index in [1.807, 2.05) is 42.8 Å². The summed E-state index contributed by atoms with van der Waals surface area (Å²) in [6, 6.07) is 7.35. The van der Waals surface area contributed by atoms with Gasteiger partial charge in [0, 0.05) is 32.3 Å². The summed E-state index contributed by atoms with van der Waals surface area (Å²) < 4.78 is 5.80. The molecule has 2 atom stereocenters. The molecule has 0 radical (unpaired) electrons. The number of anilines is 1. The summed E-state index contributed by atoms with van der Waals surface area (Å²) in [5.74, 6) is -0.547. The highest BCUT2D eigenvalue weighted by Crippen LogP contribution is 2.38. The topological polar surface area (TPSA) is 79.0 Å². The van der Waals surface area contributed by atoms with Crippen LogP contribution in [0.25, 0.3) is 0 Å². The average Bonchev–Trinajstić information content (AvgIpc) is 3.43. The van der Waals surface area contributed by atoms with Crippen LogP contribution >= 0.6 is 11.3 Å². The third kappa shape index (κ3) is 4.36. The second-order valence-electron chi connectivity index (χ2n) is 10.1. The number of hydrogen-bond acceptors (Lipinski definition) is 6. The van der Waals surface area contributed by atoms with Gasteiger partial charge >= 0.3 is 0 Å². The summed E-state index contributed by atoms with van der Waals surface area (Å²) >= 11 is 1.62. The molecule has 0 unspecified atom stereocenters. The molecule has 34 heavy (non-hydrogen) atoms. The molecule has 3 aliphatic heterocycles. The Hall–Kier alpha value is -2.71. The van der Waals surface area contributed by atoms with Crippen LogP contribution in [-0.4, -0.2) is 54.0 Å². The van der Waals surface area contributed by atoms with Crippen molar-refractivity contribution in [3.8, 4) is 0 Å². The van der Waals surface area contributed by atoms with E-state index in [9.17, 15) is 14.4 Å². The van der Waals surface area contributed by atoms with Gasteiger partial charge in [0.25, 0.3) is 11.8 Å². The Morgan fingerprint density at radius 2 is 2.06 bits per heavy atom. The lowest BCUT2D eigenvalue weighted by Crippen LogP contribution is -2.48. The molecule has 5 rings (SSSR count). The molecule has 8 heteroatoms. The molecule has 0 saturated carbocycles. The van der Waals surface area contributed by atoms with Crippen molar-refractivity contribution >= 4 is 34.7 Å². The number of nitrogens with one attached hydrogen (secondary N) is 1. The number of hydrogen-bond donors (Lipinski definition) is 1. The Balaban J connectivity index is 1.34. The molecule has 1 N–H and O–H groups in total. The van der Waals surface area contributed by atoms with Gasteiger partial charge in [-0.1, -0.05) is 6.07 Å². The highest BCUT2D eigenvalue weighted by Gasteiger charge is 2.45. The summed E-state index contributed by atoms with van der Waals surface area (Å²) in [5, 5.41) is 7.09. The molecule has 1 aromatic heterocycles. The second kappa shape index (κ2) is 9.15. The monoisotopic (exact) mass is 481 g/mol. The number of rotatable bonds is 5. The van der Waals surface area contributed by atoms with Crippen molar-refractivity contribution in [3.05, 3.63) is 51.7 Å². The smallest absolute Gasteiger partial charge is 0.263 e. The van der Waals surface area contributed by atoms with Crippen LogP contribution in [0.2, 0.25) is 0 Å². The quantitative estimate of drug-likeness (QED) is 0.657. The number of thiophene rings is 1. The largest absolute Gasteiger partial charge is 0.375 e. The molecule has 3 amide bonds. The van der Waals surface area contributed by atoms with E-state index in [0.717, 1.165) is 30.6 Å². The van der Waals surface area contributed by atoms with E-state index in [0.29, 0.717) is 43.7 Å². The molecule has 7 nitrogen and oxygen atoms in total. The van der Waals surface area contributed by atoms with Crippen LogP contribution in [0.5, 0.6) is 0 Å². The second-order valence-corrected chi connectivity index (χ2v) is 10.8. The van der Waals surface area contributed by atoms with Crippen LogP contribution in [0.4, 0.5) is 5.69 Å². The highest BCUT2D eigenvalue weighted by molar-refractivity contribution is 7.07. The number of benzene rings is 1. The van der Waals surface area contributed by atoms with Gasteiger partial charge in [-0.2, -0.15) is 11.3 Å². The van der Waals surface area contributed by atoms with Crippen LogP contribution in [0.15, 0.2) is 35.0 Å². The van der Waals surface area contributed by atoms with Crippen molar-refractivity contribution in [2.45, 2.75) is 57.7 Å². The van der Waals surface area contributed by atoms with E-state index in [-0.39, 0.29) is 35.3 Å². The van der Waals surface area contributed by atoms with Gasteiger partial charge in [-0.25, -0.2) is 0 Å². The van der Waals surface area contributed by atoms with Gasteiger partial charge in [0.2, 0.25) is 5.91 Å². The first kappa shape index (κ1) is 23.1. The predicted octanol–water partition coefficient (Wildman–Crippen LogP) is 3.83. The number of fused-ring (bicyclic) bond motifs is 1. The molecule has 1 aromatic carbocycles. The molecular formula is C26H31N3O4S. The third-order valence-electron chi connectivity index (χ3n) is 7.14. The molecule has 2 saturated heterocycles. The summed E-state index contributed by atoms with van der Waals surface area (Å²) in [6.07, 6.45) is 2.96. The van der Waals surface area contributed by atoms with Gasteiger partial charge in [0.05, 0.1) is 28.3 Å². The maximum Gasteiger partial charge on any atom is 0.263 e. The van der Waals surface area contributed by atoms with Crippen LogP contribution in [0.3, 0.4) is 0 Å². The number of piperidine rings is 1. The molecule has 3 aliphatic rings. The molecule has 180 valence electrons. The SMILES string of the molecule is CC1(C)C[C@@H](N2C(=O)c3cccc(N4CCC[C@@H](C(=O)NCc5ccsc5)C4)c3C2=O)CCO1. The van der Waals surface area contributed by atoms with Crippen LogP contribution in [0, 0.1) is 5.92 Å². The molecule has 0 bridgehead atoms. The fourth-order valence-corrected chi connectivity index (χ4v) is 6.11. The van der Waals surface area contributed by atoms with Gasteiger partial charge in [-0.3, -0.25) is 19.3 Å².